The van der Waals surface area contributed by atoms with Crippen LogP contribution in [0.2, 0.25) is 0 Å². The molecule has 1 atom stereocenters. The quantitative estimate of drug-likeness (QED) is 0.576. The third-order valence-electron chi connectivity index (χ3n) is 3.17. The molecule has 1 unspecified atom stereocenters. The van der Waals surface area contributed by atoms with Crippen molar-refractivity contribution in [3.05, 3.63) is 35.4 Å². The zero-order valence-electron chi connectivity index (χ0n) is 9.48. The van der Waals surface area contributed by atoms with E-state index in [4.69, 9.17) is 5.26 Å². The van der Waals surface area contributed by atoms with Crippen LogP contribution in [0.25, 0.3) is 0 Å². The average Bonchev–Trinajstić information content (AvgIpc) is 2.39. The maximum Gasteiger partial charge on any atom is 0.173 e. The molecule has 0 aliphatic heterocycles. The second kappa shape index (κ2) is 4.92. The molecule has 0 N–H and O–H groups in total. The summed E-state index contributed by atoms with van der Waals surface area (Å²) in [4.78, 5) is 23.8. The molecular weight excluding hydrogens is 214 g/mol. The highest BCUT2D eigenvalue weighted by Gasteiger charge is 2.29. The molecule has 86 valence electrons. The number of nitriles is 1. The van der Waals surface area contributed by atoms with Crippen LogP contribution in [0.3, 0.4) is 0 Å². The van der Waals surface area contributed by atoms with Gasteiger partial charge in [-0.2, -0.15) is 5.26 Å². The number of benzene rings is 1. The van der Waals surface area contributed by atoms with Crippen molar-refractivity contribution >= 4 is 11.6 Å². The van der Waals surface area contributed by atoms with E-state index in [0.717, 1.165) is 12.8 Å². The molecule has 0 bridgehead atoms. The molecule has 1 fully saturated rings. The Hall–Kier alpha value is -1.95. The lowest BCUT2D eigenvalue weighted by molar-refractivity contribution is -0.122. The molecule has 0 radical (unpaired) electrons. The van der Waals surface area contributed by atoms with Gasteiger partial charge >= 0.3 is 0 Å². The second-order valence-electron chi connectivity index (χ2n) is 4.32. The summed E-state index contributed by atoms with van der Waals surface area (Å²) in [5.41, 5.74) is 1.06. The Bertz CT molecular complexity index is 482. The van der Waals surface area contributed by atoms with Crippen molar-refractivity contribution in [2.45, 2.75) is 25.7 Å². The van der Waals surface area contributed by atoms with Crippen molar-refractivity contribution in [1.82, 2.24) is 0 Å². The summed E-state index contributed by atoms with van der Waals surface area (Å²) < 4.78 is 0. The van der Waals surface area contributed by atoms with Crippen molar-refractivity contribution in [2.75, 3.05) is 0 Å². The summed E-state index contributed by atoms with van der Waals surface area (Å²) in [7, 11) is 0. The van der Waals surface area contributed by atoms with Gasteiger partial charge in [0.05, 0.1) is 17.6 Å². The Morgan fingerprint density at radius 3 is 2.53 bits per heavy atom. The Balaban J connectivity index is 2.18. The van der Waals surface area contributed by atoms with Crippen LogP contribution in [-0.2, 0) is 4.79 Å². The highest BCUT2D eigenvalue weighted by Crippen LogP contribution is 2.24. The number of ketones is 2. The summed E-state index contributed by atoms with van der Waals surface area (Å²) in [5, 5.41) is 8.67. The van der Waals surface area contributed by atoms with Gasteiger partial charge in [0.25, 0.3) is 0 Å². The van der Waals surface area contributed by atoms with Crippen LogP contribution in [0.5, 0.6) is 0 Å². The third-order valence-corrected chi connectivity index (χ3v) is 3.17. The van der Waals surface area contributed by atoms with E-state index < -0.39 is 5.92 Å². The highest BCUT2D eigenvalue weighted by atomic mass is 16.1. The van der Waals surface area contributed by atoms with E-state index in [9.17, 15) is 9.59 Å². The molecule has 3 heteroatoms. The minimum Gasteiger partial charge on any atom is -0.299 e. The number of rotatable bonds is 2. The molecule has 2 rings (SSSR count). The minimum absolute atomic E-state index is 0.0607. The summed E-state index contributed by atoms with van der Waals surface area (Å²) in [6.45, 7) is 0. The average molecular weight is 227 g/mol. The zero-order valence-corrected chi connectivity index (χ0v) is 9.48. The Labute approximate surface area is 100 Å². The molecule has 1 saturated carbocycles. The SMILES string of the molecule is N#Cc1ccc(C(=O)C2CCCCC2=O)cc1. The van der Waals surface area contributed by atoms with Gasteiger partial charge in [-0.25, -0.2) is 0 Å². The number of hydrogen-bond donors (Lipinski definition) is 0. The van der Waals surface area contributed by atoms with E-state index in [1.807, 2.05) is 6.07 Å². The molecule has 1 aromatic carbocycles. The fourth-order valence-electron chi connectivity index (χ4n) is 2.17. The molecule has 3 nitrogen and oxygen atoms in total. The van der Waals surface area contributed by atoms with Crippen LogP contribution in [0.1, 0.15) is 41.6 Å². The van der Waals surface area contributed by atoms with E-state index in [0.29, 0.717) is 24.0 Å². The van der Waals surface area contributed by atoms with Gasteiger partial charge < -0.3 is 0 Å². The predicted octanol–water partition coefficient (Wildman–Crippen LogP) is 2.50. The molecule has 1 aliphatic rings. The lowest BCUT2D eigenvalue weighted by atomic mass is 9.83. The third kappa shape index (κ3) is 2.42. The highest BCUT2D eigenvalue weighted by molar-refractivity contribution is 6.10. The molecule has 1 aromatic rings. The van der Waals surface area contributed by atoms with Crippen molar-refractivity contribution in [3.8, 4) is 6.07 Å². The van der Waals surface area contributed by atoms with Gasteiger partial charge in [-0.3, -0.25) is 9.59 Å². The van der Waals surface area contributed by atoms with Crippen molar-refractivity contribution in [2.24, 2.45) is 5.92 Å². The van der Waals surface area contributed by atoms with Crippen LogP contribution in [0, 0.1) is 17.2 Å². The molecule has 0 heterocycles. The Kier molecular flexibility index (Phi) is 3.34. The van der Waals surface area contributed by atoms with Crippen molar-refractivity contribution < 1.29 is 9.59 Å². The van der Waals surface area contributed by atoms with E-state index in [1.54, 1.807) is 24.3 Å². The van der Waals surface area contributed by atoms with Crippen LogP contribution in [-0.4, -0.2) is 11.6 Å². The molecule has 0 spiro atoms. The smallest absolute Gasteiger partial charge is 0.173 e. The number of nitrogens with zero attached hydrogens (tertiary/aromatic N) is 1. The first-order chi connectivity index (χ1) is 8.22. The normalized spacial score (nSPS) is 19.7. The summed E-state index contributed by atoms with van der Waals surface area (Å²) in [6, 6.07) is 8.48. The zero-order chi connectivity index (χ0) is 12.3. The van der Waals surface area contributed by atoms with Crippen LogP contribution < -0.4 is 0 Å². The first-order valence-electron chi connectivity index (χ1n) is 5.79. The van der Waals surface area contributed by atoms with Gasteiger partial charge in [-0.15, -0.1) is 0 Å². The Morgan fingerprint density at radius 1 is 1.24 bits per heavy atom. The largest absolute Gasteiger partial charge is 0.299 e. The van der Waals surface area contributed by atoms with Crippen molar-refractivity contribution in [1.29, 1.82) is 5.26 Å². The fraction of sp³-hybridized carbons (Fsp3) is 0.357. The standard InChI is InChI=1S/C14H13NO2/c15-9-10-5-7-11(8-6-10)14(17)12-3-1-2-4-13(12)16/h5-8,12H,1-4H2. The Morgan fingerprint density at radius 2 is 1.94 bits per heavy atom. The first-order valence-corrected chi connectivity index (χ1v) is 5.79. The van der Waals surface area contributed by atoms with E-state index in [2.05, 4.69) is 0 Å². The molecular formula is C14H13NO2. The van der Waals surface area contributed by atoms with Gasteiger partial charge in [0, 0.05) is 12.0 Å². The molecule has 0 amide bonds. The van der Waals surface area contributed by atoms with Crippen molar-refractivity contribution in [3.63, 3.8) is 0 Å². The monoisotopic (exact) mass is 227 g/mol. The maximum atomic E-state index is 12.1. The molecule has 1 aliphatic carbocycles. The topological polar surface area (TPSA) is 57.9 Å². The number of carbonyl (C=O) groups excluding carboxylic acids is 2. The molecule has 17 heavy (non-hydrogen) atoms. The van der Waals surface area contributed by atoms with Crippen LogP contribution in [0.4, 0.5) is 0 Å². The van der Waals surface area contributed by atoms with Gasteiger partial charge in [0.1, 0.15) is 5.78 Å². The van der Waals surface area contributed by atoms with Gasteiger partial charge in [0.15, 0.2) is 5.78 Å². The van der Waals surface area contributed by atoms with E-state index in [1.165, 1.54) is 0 Å². The number of Topliss-reactive ketones (excluding diaryl/α,β-unsaturated/α-hetero) is 2. The number of carbonyl (C=O) groups is 2. The van der Waals surface area contributed by atoms with Crippen LogP contribution in [0.15, 0.2) is 24.3 Å². The van der Waals surface area contributed by atoms with Gasteiger partial charge in [-0.1, -0.05) is 18.6 Å². The van der Waals surface area contributed by atoms with E-state index >= 15 is 0 Å². The van der Waals surface area contributed by atoms with E-state index in [-0.39, 0.29) is 11.6 Å². The summed E-state index contributed by atoms with van der Waals surface area (Å²) in [6.07, 6.45) is 3.03. The minimum atomic E-state index is -0.461. The van der Waals surface area contributed by atoms with Crippen LogP contribution >= 0.6 is 0 Å². The fourth-order valence-corrected chi connectivity index (χ4v) is 2.17. The maximum absolute atomic E-state index is 12.1. The lowest BCUT2D eigenvalue weighted by Crippen LogP contribution is -2.27. The summed E-state index contributed by atoms with van der Waals surface area (Å²) >= 11 is 0. The first kappa shape index (κ1) is 11.5. The van der Waals surface area contributed by atoms with Gasteiger partial charge in [-0.05, 0) is 25.0 Å². The number of hydrogen-bond acceptors (Lipinski definition) is 3. The van der Waals surface area contributed by atoms with Gasteiger partial charge in [0.2, 0.25) is 0 Å². The lowest BCUT2D eigenvalue weighted by Gasteiger charge is -2.19. The predicted molar refractivity (Wildman–Crippen MR) is 62.5 cm³/mol. The molecule has 0 aromatic heterocycles. The summed E-state index contributed by atoms with van der Waals surface area (Å²) in [5.74, 6) is -0.499. The second-order valence-corrected chi connectivity index (χ2v) is 4.32. The molecule has 0 saturated heterocycles.